The van der Waals surface area contributed by atoms with Crippen molar-refractivity contribution in [1.29, 1.82) is 0 Å². The molecular weight excluding hydrogens is 352 g/mol. The van der Waals surface area contributed by atoms with E-state index in [-0.39, 0.29) is 24.5 Å². The van der Waals surface area contributed by atoms with E-state index in [1.165, 1.54) is 0 Å². The van der Waals surface area contributed by atoms with Crippen molar-refractivity contribution in [3.63, 3.8) is 0 Å². The molecule has 0 saturated heterocycles. The molecule has 3 aromatic rings. The molecule has 0 radical (unpaired) electrons. The third kappa shape index (κ3) is 5.58. The third-order valence-corrected chi connectivity index (χ3v) is 4.20. The number of amides is 1. The SMILES string of the molecule is CC(C)C(NC(=O)COc1ccc(Oc2ccccn2)cc1)c1ccccc1. The molecule has 0 fully saturated rings. The van der Waals surface area contributed by atoms with Gasteiger partial charge in [0.05, 0.1) is 6.04 Å². The van der Waals surface area contributed by atoms with Crippen LogP contribution in [0.15, 0.2) is 79.0 Å². The van der Waals surface area contributed by atoms with Crippen molar-refractivity contribution in [1.82, 2.24) is 10.3 Å². The zero-order chi connectivity index (χ0) is 19.8. The Morgan fingerprint density at radius 3 is 2.25 bits per heavy atom. The van der Waals surface area contributed by atoms with E-state index in [0.717, 1.165) is 5.56 Å². The quantitative estimate of drug-likeness (QED) is 0.615. The van der Waals surface area contributed by atoms with E-state index in [9.17, 15) is 4.79 Å². The Kier molecular flexibility index (Phi) is 6.63. The first-order chi connectivity index (χ1) is 13.6. The highest BCUT2D eigenvalue weighted by molar-refractivity contribution is 5.78. The van der Waals surface area contributed by atoms with Gasteiger partial charge < -0.3 is 14.8 Å². The molecule has 1 N–H and O–H groups in total. The summed E-state index contributed by atoms with van der Waals surface area (Å²) < 4.78 is 11.2. The van der Waals surface area contributed by atoms with Gasteiger partial charge >= 0.3 is 0 Å². The van der Waals surface area contributed by atoms with Crippen molar-refractivity contribution >= 4 is 5.91 Å². The molecule has 28 heavy (non-hydrogen) atoms. The van der Waals surface area contributed by atoms with Crippen molar-refractivity contribution in [2.24, 2.45) is 5.92 Å². The van der Waals surface area contributed by atoms with Gasteiger partial charge in [0.1, 0.15) is 11.5 Å². The summed E-state index contributed by atoms with van der Waals surface area (Å²) in [6.07, 6.45) is 1.67. The lowest BCUT2D eigenvalue weighted by atomic mass is 9.96. The number of hydrogen-bond donors (Lipinski definition) is 1. The third-order valence-electron chi connectivity index (χ3n) is 4.20. The number of nitrogens with zero attached hydrogens (tertiary/aromatic N) is 1. The van der Waals surface area contributed by atoms with Crippen LogP contribution < -0.4 is 14.8 Å². The van der Waals surface area contributed by atoms with Crippen LogP contribution in [-0.2, 0) is 4.79 Å². The van der Waals surface area contributed by atoms with E-state index >= 15 is 0 Å². The molecule has 1 atom stereocenters. The van der Waals surface area contributed by atoms with Gasteiger partial charge in [-0.25, -0.2) is 4.98 Å². The summed E-state index contributed by atoms with van der Waals surface area (Å²) in [5, 5.41) is 3.05. The molecule has 1 aromatic heterocycles. The Morgan fingerprint density at radius 1 is 0.929 bits per heavy atom. The van der Waals surface area contributed by atoms with Crippen LogP contribution in [0, 0.1) is 5.92 Å². The van der Waals surface area contributed by atoms with Crippen LogP contribution >= 0.6 is 0 Å². The number of rotatable bonds is 8. The Morgan fingerprint density at radius 2 is 1.61 bits per heavy atom. The van der Waals surface area contributed by atoms with E-state index < -0.39 is 0 Å². The van der Waals surface area contributed by atoms with E-state index in [1.54, 1.807) is 36.5 Å². The van der Waals surface area contributed by atoms with Gasteiger partial charge in [-0.15, -0.1) is 0 Å². The second-order valence-corrected chi connectivity index (χ2v) is 6.73. The van der Waals surface area contributed by atoms with Crippen LogP contribution in [-0.4, -0.2) is 17.5 Å². The Labute approximate surface area is 165 Å². The highest BCUT2D eigenvalue weighted by Crippen LogP contribution is 2.23. The van der Waals surface area contributed by atoms with Crippen molar-refractivity contribution < 1.29 is 14.3 Å². The zero-order valence-electron chi connectivity index (χ0n) is 16.0. The second-order valence-electron chi connectivity index (χ2n) is 6.73. The van der Waals surface area contributed by atoms with Gasteiger partial charge in [0, 0.05) is 12.3 Å². The molecule has 2 aromatic carbocycles. The number of hydrogen-bond acceptors (Lipinski definition) is 4. The zero-order valence-corrected chi connectivity index (χ0v) is 16.0. The van der Waals surface area contributed by atoms with Crippen LogP contribution in [0.5, 0.6) is 17.4 Å². The average molecular weight is 376 g/mol. The van der Waals surface area contributed by atoms with E-state index in [0.29, 0.717) is 17.4 Å². The lowest BCUT2D eigenvalue weighted by molar-refractivity contribution is -0.124. The second kappa shape index (κ2) is 9.55. The number of nitrogens with one attached hydrogen (secondary N) is 1. The highest BCUT2D eigenvalue weighted by atomic mass is 16.5. The summed E-state index contributed by atoms with van der Waals surface area (Å²) >= 11 is 0. The van der Waals surface area contributed by atoms with Crippen molar-refractivity contribution in [3.8, 4) is 17.4 Å². The van der Waals surface area contributed by atoms with Crippen molar-refractivity contribution in [2.75, 3.05) is 6.61 Å². The van der Waals surface area contributed by atoms with Crippen molar-refractivity contribution in [3.05, 3.63) is 84.6 Å². The first-order valence-electron chi connectivity index (χ1n) is 9.28. The number of carbonyl (C=O) groups is 1. The summed E-state index contributed by atoms with van der Waals surface area (Å²) in [6.45, 7) is 4.12. The van der Waals surface area contributed by atoms with E-state index in [4.69, 9.17) is 9.47 Å². The molecule has 0 spiro atoms. The molecule has 1 unspecified atom stereocenters. The fraction of sp³-hybridized carbons (Fsp3) is 0.217. The van der Waals surface area contributed by atoms with E-state index in [1.807, 2.05) is 42.5 Å². The van der Waals surface area contributed by atoms with Crippen LogP contribution in [0.2, 0.25) is 0 Å². The van der Waals surface area contributed by atoms with Gasteiger partial charge in [-0.1, -0.05) is 50.2 Å². The first-order valence-corrected chi connectivity index (χ1v) is 9.28. The van der Waals surface area contributed by atoms with Gasteiger partial charge in [0.2, 0.25) is 5.88 Å². The summed E-state index contributed by atoms with van der Waals surface area (Å²) in [7, 11) is 0. The van der Waals surface area contributed by atoms with Crippen LogP contribution in [0.3, 0.4) is 0 Å². The normalized spacial score (nSPS) is 11.7. The van der Waals surface area contributed by atoms with Gasteiger partial charge in [0.25, 0.3) is 5.91 Å². The molecule has 0 aliphatic heterocycles. The molecule has 1 heterocycles. The number of carbonyl (C=O) groups excluding carboxylic acids is 1. The van der Waals surface area contributed by atoms with Gasteiger partial charge in [-0.05, 0) is 41.8 Å². The molecule has 1 amide bonds. The number of ether oxygens (including phenoxy) is 2. The molecule has 0 saturated carbocycles. The summed E-state index contributed by atoms with van der Waals surface area (Å²) in [4.78, 5) is 16.5. The van der Waals surface area contributed by atoms with Gasteiger partial charge in [-0.3, -0.25) is 4.79 Å². The minimum atomic E-state index is -0.156. The molecule has 5 heteroatoms. The minimum Gasteiger partial charge on any atom is -0.484 e. The Balaban J connectivity index is 1.52. The van der Waals surface area contributed by atoms with Gasteiger partial charge in [0.15, 0.2) is 6.61 Å². The first kappa shape index (κ1) is 19.4. The maximum absolute atomic E-state index is 12.3. The molecule has 0 aliphatic carbocycles. The molecule has 3 rings (SSSR count). The number of aromatic nitrogens is 1. The molecular formula is C23H24N2O3. The maximum atomic E-state index is 12.3. The lowest BCUT2D eigenvalue weighted by Crippen LogP contribution is -2.35. The van der Waals surface area contributed by atoms with Crippen LogP contribution in [0.25, 0.3) is 0 Å². The minimum absolute atomic E-state index is 0.0451. The average Bonchev–Trinajstić information content (AvgIpc) is 2.73. The molecule has 5 nitrogen and oxygen atoms in total. The highest BCUT2D eigenvalue weighted by Gasteiger charge is 2.18. The fourth-order valence-electron chi connectivity index (χ4n) is 2.79. The predicted molar refractivity (Wildman–Crippen MR) is 108 cm³/mol. The summed E-state index contributed by atoms with van der Waals surface area (Å²) in [5.41, 5.74) is 1.09. The summed E-state index contributed by atoms with van der Waals surface area (Å²) in [5.74, 6) is 1.89. The Hall–Kier alpha value is -3.34. The largest absolute Gasteiger partial charge is 0.484 e. The molecule has 0 bridgehead atoms. The molecule has 0 aliphatic rings. The standard InChI is InChI=1S/C23H24N2O3/c1-17(2)23(18-8-4-3-5-9-18)25-21(26)16-27-19-11-13-20(14-12-19)28-22-10-6-7-15-24-22/h3-15,17,23H,16H2,1-2H3,(H,25,26). The lowest BCUT2D eigenvalue weighted by Gasteiger charge is -2.23. The number of benzene rings is 2. The van der Waals surface area contributed by atoms with Crippen LogP contribution in [0.1, 0.15) is 25.5 Å². The van der Waals surface area contributed by atoms with Crippen LogP contribution in [0.4, 0.5) is 0 Å². The predicted octanol–water partition coefficient (Wildman–Crippen LogP) is 4.77. The Bertz CT molecular complexity index is 865. The summed E-state index contributed by atoms with van der Waals surface area (Å²) in [6, 6.07) is 22.5. The monoisotopic (exact) mass is 376 g/mol. The maximum Gasteiger partial charge on any atom is 0.258 e. The smallest absolute Gasteiger partial charge is 0.258 e. The van der Waals surface area contributed by atoms with E-state index in [2.05, 4.69) is 24.1 Å². The molecule has 144 valence electrons. The fourth-order valence-corrected chi connectivity index (χ4v) is 2.79. The number of pyridine rings is 1. The topological polar surface area (TPSA) is 60.5 Å². The van der Waals surface area contributed by atoms with Gasteiger partial charge in [-0.2, -0.15) is 0 Å². The van der Waals surface area contributed by atoms with Crippen molar-refractivity contribution in [2.45, 2.75) is 19.9 Å².